The molecule has 1 aromatic heterocycles. The van der Waals surface area contributed by atoms with Gasteiger partial charge < -0.3 is 14.7 Å². The van der Waals surface area contributed by atoms with Crippen molar-refractivity contribution in [2.45, 2.75) is 32.5 Å². The number of rotatable bonds is 5. The highest BCUT2D eigenvalue weighted by Crippen LogP contribution is 2.14. The lowest BCUT2D eigenvalue weighted by atomic mass is 10.2. The molecule has 0 bridgehead atoms. The zero-order valence-corrected chi connectivity index (χ0v) is 14.2. The predicted octanol–water partition coefficient (Wildman–Crippen LogP) is 1.25. The highest BCUT2D eigenvalue weighted by atomic mass is 16.5. The summed E-state index contributed by atoms with van der Waals surface area (Å²) in [5.74, 6) is 0.903. The van der Waals surface area contributed by atoms with Gasteiger partial charge in [0, 0.05) is 38.9 Å². The van der Waals surface area contributed by atoms with Crippen molar-refractivity contribution < 1.29 is 9.84 Å². The first kappa shape index (κ1) is 17.7. The molecule has 23 heavy (non-hydrogen) atoms. The second kappa shape index (κ2) is 7.73. The summed E-state index contributed by atoms with van der Waals surface area (Å²) in [4.78, 5) is 8.78. The van der Waals surface area contributed by atoms with Crippen LogP contribution in [0.4, 0.5) is 5.82 Å². The van der Waals surface area contributed by atoms with Gasteiger partial charge in [0.1, 0.15) is 11.9 Å². The summed E-state index contributed by atoms with van der Waals surface area (Å²) in [6.45, 7) is 10.5. The highest BCUT2D eigenvalue weighted by Gasteiger charge is 2.21. The number of pyridine rings is 1. The molecule has 2 rings (SSSR count). The molecular weight excluding hydrogens is 292 g/mol. The van der Waals surface area contributed by atoms with Crippen LogP contribution in [0.1, 0.15) is 26.3 Å². The van der Waals surface area contributed by atoms with Crippen LogP contribution < -0.4 is 4.90 Å². The van der Waals surface area contributed by atoms with Crippen LogP contribution in [0.5, 0.6) is 0 Å². The summed E-state index contributed by atoms with van der Waals surface area (Å²) in [6, 6.07) is 5.76. The third kappa shape index (κ3) is 5.79. The first-order valence-corrected chi connectivity index (χ1v) is 8.03. The van der Waals surface area contributed by atoms with Crippen LogP contribution in [-0.2, 0) is 4.74 Å². The van der Waals surface area contributed by atoms with Gasteiger partial charge in [-0.3, -0.25) is 4.90 Å². The van der Waals surface area contributed by atoms with E-state index < -0.39 is 6.10 Å². The molecule has 0 spiro atoms. The number of hydrogen-bond donors (Lipinski definition) is 1. The lowest BCUT2D eigenvalue weighted by Gasteiger charge is -2.36. The van der Waals surface area contributed by atoms with Crippen molar-refractivity contribution in [1.82, 2.24) is 9.88 Å². The number of β-amino-alcohol motifs (C(OH)–C–C–N with tert-alkyl or cyclic N) is 1. The van der Waals surface area contributed by atoms with E-state index in [-0.39, 0.29) is 5.60 Å². The fourth-order valence-electron chi connectivity index (χ4n) is 2.50. The van der Waals surface area contributed by atoms with E-state index in [1.165, 1.54) is 0 Å². The van der Waals surface area contributed by atoms with E-state index in [9.17, 15) is 5.11 Å². The van der Waals surface area contributed by atoms with Crippen molar-refractivity contribution in [2.75, 3.05) is 44.2 Å². The molecule has 1 aliphatic rings. The molecule has 0 saturated carbocycles. The first-order chi connectivity index (χ1) is 10.9. The topological polar surface area (TPSA) is 72.6 Å². The lowest BCUT2D eigenvalue weighted by Crippen LogP contribution is -2.49. The quantitative estimate of drug-likeness (QED) is 0.881. The summed E-state index contributed by atoms with van der Waals surface area (Å²) < 4.78 is 5.62. The minimum absolute atomic E-state index is 0.221. The van der Waals surface area contributed by atoms with Gasteiger partial charge in [-0.15, -0.1) is 0 Å². The van der Waals surface area contributed by atoms with Crippen LogP contribution in [0.2, 0.25) is 0 Å². The largest absolute Gasteiger partial charge is 0.389 e. The van der Waals surface area contributed by atoms with E-state index in [0.29, 0.717) is 18.7 Å². The molecule has 0 aliphatic carbocycles. The Morgan fingerprint density at radius 3 is 2.52 bits per heavy atom. The van der Waals surface area contributed by atoms with Crippen LogP contribution >= 0.6 is 0 Å². The Hall–Kier alpha value is -1.68. The predicted molar refractivity (Wildman–Crippen MR) is 89.3 cm³/mol. The van der Waals surface area contributed by atoms with Crippen LogP contribution in [0, 0.1) is 11.3 Å². The molecule has 1 N–H and O–H groups in total. The molecule has 1 saturated heterocycles. The summed E-state index contributed by atoms with van der Waals surface area (Å²) in [5.41, 5.74) is 0.357. The number of hydrogen-bond acceptors (Lipinski definition) is 6. The average Bonchev–Trinajstić information content (AvgIpc) is 2.53. The van der Waals surface area contributed by atoms with Crippen molar-refractivity contribution in [1.29, 1.82) is 5.26 Å². The number of aromatic nitrogens is 1. The van der Waals surface area contributed by atoms with Crippen molar-refractivity contribution >= 4 is 5.82 Å². The molecule has 1 aromatic rings. The Morgan fingerprint density at radius 2 is 2.00 bits per heavy atom. The van der Waals surface area contributed by atoms with E-state index in [2.05, 4.69) is 20.9 Å². The number of nitrogens with zero attached hydrogens (tertiary/aromatic N) is 4. The van der Waals surface area contributed by atoms with Crippen LogP contribution in [0.3, 0.4) is 0 Å². The van der Waals surface area contributed by atoms with Crippen molar-refractivity contribution in [2.24, 2.45) is 0 Å². The molecule has 1 aliphatic heterocycles. The maximum absolute atomic E-state index is 10.1. The van der Waals surface area contributed by atoms with Gasteiger partial charge in [0.05, 0.1) is 23.9 Å². The van der Waals surface area contributed by atoms with Crippen LogP contribution in [0.25, 0.3) is 0 Å². The minimum Gasteiger partial charge on any atom is -0.389 e. The third-order valence-electron chi connectivity index (χ3n) is 3.75. The molecule has 1 fully saturated rings. The van der Waals surface area contributed by atoms with Gasteiger partial charge in [-0.25, -0.2) is 4.98 Å². The van der Waals surface area contributed by atoms with E-state index in [4.69, 9.17) is 10.00 Å². The summed E-state index contributed by atoms with van der Waals surface area (Å²) in [5, 5.41) is 18.9. The lowest BCUT2D eigenvalue weighted by molar-refractivity contribution is -0.0563. The molecule has 1 atom stereocenters. The van der Waals surface area contributed by atoms with Crippen molar-refractivity contribution in [3.8, 4) is 6.07 Å². The van der Waals surface area contributed by atoms with E-state index in [1.807, 2.05) is 26.8 Å². The third-order valence-corrected chi connectivity index (χ3v) is 3.75. The average molecular weight is 318 g/mol. The Labute approximate surface area is 138 Å². The van der Waals surface area contributed by atoms with Gasteiger partial charge in [-0.1, -0.05) is 0 Å². The number of ether oxygens (including phenoxy) is 1. The number of nitriles is 1. The standard InChI is InChI=1S/C17H26N4O2/c1-17(2,3)23-13-15(22)12-20-6-8-21(9-7-20)16-5-4-14(10-18)11-19-16/h4-5,11,15,22H,6-9,12-13H2,1-3H3. The summed E-state index contributed by atoms with van der Waals surface area (Å²) in [7, 11) is 0. The highest BCUT2D eigenvalue weighted by molar-refractivity contribution is 5.42. The number of aliphatic hydroxyl groups is 1. The maximum Gasteiger partial charge on any atom is 0.128 e. The maximum atomic E-state index is 10.1. The number of aliphatic hydroxyl groups excluding tert-OH is 1. The number of piperazine rings is 1. The molecule has 6 heteroatoms. The molecule has 126 valence electrons. The number of anilines is 1. The Bertz CT molecular complexity index is 525. The minimum atomic E-state index is -0.464. The van der Waals surface area contributed by atoms with E-state index >= 15 is 0 Å². The molecule has 0 amide bonds. The Kier molecular flexibility index (Phi) is 5.94. The smallest absolute Gasteiger partial charge is 0.128 e. The van der Waals surface area contributed by atoms with E-state index in [1.54, 1.807) is 12.3 Å². The molecular formula is C17H26N4O2. The molecule has 0 radical (unpaired) electrons. The molecule has 2 heterocycles. The Balaban J connectivity index is 1.76. The SMILES string of the molecule is CC(C)(C)OCC(O)CN1CCN(c2ccc(C#N)cn2)CC1. The van der Waals surface area contributed by atoms with Crippen molar-refractivity contribution in [3.63, 3.8) is 0 Å². The van der Waals surface area contributed by atoms with Gasteiger partial charge in [0.2, 0.25) is 0 Å². The fraction of sp³-hybridized carbons (Fsp3) is 0.647. The van der Waals surface area contributed by atoms with Gasteiger partial charge in [0.25, 0.3) is 0 Å². The summed E-state index contributed by atoms with van der Waals surface area (Å²) in [6.07, 6.45) is 1.14. The van der Waals surface area contributed by atoms with Crippen molar-refractivity contribution in [3.05, 3.63) is 23.9 Å². The van der Waals surface area contributed by atoms with Gasteiger partial charge in [-0.2, -0.15) is 5.26 Å². The zero-order valence-electron chi connectivity index (χ0n) is 14.2. The molecule has 6 nitrogen and oxygen atoms in total. The van der Waals surface area contributed by atoms with Gasteiger partial charge >= 0.3 is 0 Å². The van der Waals surface area contributed by atoms with E-state index in [0.717, 1.165) is 32.0 Å². The van der Waals surface area contributed by atoms with Crippen LogP contribution in [-0.4, -0.2) is 66.0 Å². The second-order valence-corrected chi connectivity index (χ2v) is 6.88. The fourth-order valence-corrected chi connectivity index (χ4v) is 2.50. The van der Waals surface area contributed by atoms with Gasteiger partial charge in [0.15, 0.2) is 0 Å². The van der Waals surface area contributed by atoms with Gasteiger partial charge in [-0.05, 0) is 32.9 Å². The first-order valence-electron chi connectivity index (χ1n) is 8.03. The Morgan fingerprint density at radius 1 is 1.30 bits per heavy atom. The molecule has 0 aromatic carbocycles. The zero-order chi connectivity index (χ0) is 16.9. The summed E-state index contributed by atoms with van der Waals surface area (Å²) >= 11 is 0. The van der Waals surface area contributed by atoms with Crippen LogP contribution in [0.15, 0.2) is 18.3 Å². The normalized spacial score (nSPS) is 17.8. The monoisotopic (exact) mass is 318 g/mol. The second-order valence-electron chi connectivity index (χ2n) is 6.88. The molecule has 1 unspecified atom stereocenters.